The van der Waals surface area contributed by atoms with Gasteiger partial charge in [-0.05, 0) is 55.0 Å². The maximum Gasteiger partial charge on any atom is 0.313 e. The quantitative estimate of drug-likeness (QED) is 0.577. The number of aromatic nitrogens is 1. The Balaban J connectivity index is 1.72. The number of anilines is 2. The predicted octanol–water partition coefficient (Wildman–Crippen LogP) is 3.65. The molecule has 1 aromatic heterocycles. The summed E-state index contributed by atoms with van der Waals surface area (Å²) >= 11 is 5.86. The van der Waals surface area contributed by atoms with Crippen molar-refractivity contribution in [2.24, 2.45) is 0 Å². The molecule has 8 heteroatoms. The number of nitrogens with zero attached hydrogens (tertiary/aromatic N) is 2. The Morgan fingerprint density at radius 3 is 2.23 bits per heavy atom. The molecule has 0 saturated heterocycles. The molecular formula is C23H21ClN4O3. The van der Waals surface area contributed by atoms with E-state index in [2.05, 4.69) is 15.6 Å². The lowest BCUT2D eigenvalue weighted by atomic mass is 10.2. The maximum atomic E-state index is 12.8. The zero-order valence-corrected chi connectivity index (χ0v) is 17.6. The SMILES string of the molecule is Cc1ccc(NC(=O)C(=O)N(CC(=O)Nc2ccc(Cl)cc2)Cc2cccnc2)cc1. The van der Waals surface area contributed by atoms with Crippen LogP contribution in [-0.4, -0.2) is 34.2 Å². The van der Waals surface area contributed by atoms with Crippen LogP contribution in [0.15, 0.2) is 73.1 Å². The molecule has 0 saturated carbocycles. The van der Waals surface area contributed by atoms with Crippen LogP contribution in [0.5, 0.6) is 0 Å². The number of amides is 3. The molecule has 2 N–H and O–H groups in total. The molecule has 0 unspecified atom stereocenters. The Morgan fingerprint density at radius 2 is 1.58 bits per heavy atom. The molecule has 31 heavy (non-hydrogen) atoms. The van der Waals surface area contributed by atoms with E-state index in [9.17, 15) is 14.4 Å². The monoisotopic (exact) mass is 436 g/mol. The zero-order valence-electron chi connectivity index (χ0n) is 16.8. The number of pyridine rings is 1. The van der Waals surface area contributed by atoms with E-state index in [1.807, 2.05) is 19.1 Å². The Bertz CT molecular complexity index is 1050. The van der Waals surface area contributed by atoms with Gasteiger partial charge >= 0.3 is 11.8 Å². The van der Waals surface area contributed by atoms with Crippen molar-refractivity contribution in [3.63, 3.8) is 0 Å². The van der Waals surface area contributed by atoms with E-state index >= 15 is 0 Å². The molecule has 2 aromatic carbocycles. The van der Waals surface area contributed by atoms with Crippen molar-refractivity contribution in [1.82, 2.24) is 9.88 Å². The van der Waals surface area contributed by atoms with Crippen molar-refractivity contribution in [3.05, 3.63) is 89.2 Å². The molecule has 7 nitrogen and oxygen atoms in total. The number of aryl methyl sites for hydroxylation is 1. The fraction of sp³-hybridized carbons (Fsp3) is 0.130. The predicted molar refractivity (Wildman–Crippen MR) is 120 cm³/mol. The number of halogens is 1. The lowest BCUT2D eigenvalue weighted by Gasteiger charge is -2.21. The van der Waals surface area contributed by atoms with Crippen molar-refractivity contribution >= 4 is 40.7 Å². The first-order valence-corrected chi connectivity index (χ1v) is 9.90. The largest absolute Gasteiger partial charge is 0.325 e. The minimum Gasteiger partial charge on any atom is -0.325 e. The minimum absolute atomic E-state index is 0.0576. The van der Waals surface area contributed by atoms with E-state index < -0.39 is 17.7 Å². The fourth-order valence-corrected chi connectivity index (χ4v) is 2.91. The van der Waals surface area contributed by atoms with Gasteiger partial charge in [-0.25, -0.2) is 0 Å². The highest BCUT2D eigenvalue weighted by Crippen LogP contribution is 2.14. The normalized spacial score (nSPS) is 10.3. The standard InChI is InChI=1S/C23H21ClN4O3/c1-16-4-8-20(9-5-16)27-22(30)23(31)28(14-17-3-2-12-25-13-17)15-21(29)26-19-10-6-18(24)7-11-19/h2-13H,14-15H2,1H3,(H,26,29)(H,27,30). The van der Waals surface area contributed by atoms with Crippen LogP contribution in [0.25, 0.3) is 0 Å². The van der Waals surface area contributed by atoms with Gasteiger partial charge in [-0.3, -0.25) is 19.4 Å². The zero-order chi connectivity index (χ0) is 22.2. The molecule has 0 bridgehead atoms. The molecule has 0 fully saturated rings. The summed E-state index contributed by atoms with van der Waals surface area (Å²) in [5.74, 6) is -2.09. The average Bonchev–Trinajstić information content (AvgIpc) is 2.76. The van der Waals surface area contributed by atoms with Gasteiger partial charge < -0.3 is 15.5 Å². The molecule has 158 valence electrons. The van der Waals surface area contributed by atoms with Crippen LogP contribution >= 0.6 is 11.6 Å². The van der Waals surface area contributed by atoms with E-state index in [0.29, 0.717) is 22.0 Å². The summed E-state index contributed by atoms with van der Waals surface area (Å²) in [6, 6.07) is 17.1. The Hall–Kier alpha value is -3.71. The Kier molecular flexibility index (Phi) is 7.35. The molecule has 0 aliphatic carbocycles. The minimum atomic E-state index is -0.827. The highest BCUT2D eigenvalue weighted by molar-refractivity contribution is 6.39. The van der Waals surface area contributed by atoms with E-state index in [4.69, 9.17) is 11.6 Å². The summed E-state index contributed by atoms with van der Waals surface area (Å²) in [6.07, 6.45) is 3.18. The third-order valence-electron chi connectivity index (χ3n) is 4.35. The smallest absolute Gasteiger partial charge is 0.313 e. The summed E-state index contributed by atoms with van der Waals surface area (Å²) < 4.78 is 0. The second-order valence-electron chi connectivity index (χ2n) is 6.90. The Morgan fingerprint density at radius 1 is 0.935 bits per heavy atom. The molecular weight excluding hydrogens is 416 g/mol. The molecule has 0 aliphatic rings. The van der Waals surface area contributed by atoms with E-state index in [1.165, 1.54) is 4.90 Å². The molecule has 3 amide bonds. The number of nitrogens with one attached hydrogen (secondary N) is 2. The van der Waals surface area contributed by atoms with Gasteiger partial charge in [0.25, 0.3) is 0 Å². The average molecular weight is 437 g/mol. The van der Waals surface area contributed by atoms with Gasteiger partial charge in [0, 0.05) is 35.3 Å². The number of hydrogen-bond acceptors (Lipinski definition) is 4. The van der Waals surface area contributed by atoms with E-state index in [0.717, 1.165) is 5.56 Å². The first kappa shape index (κ1) is 22.0. The van der Waals surface area contributed by atoms with Gasteiger partial charge in [-0.2, -0.15) is 0 Å². The third kappa shape index (κ3) is 6.65. The molecule has 0 spiro atoms. The van der Waals surface area contributed by atoms with E-state index in [1.54, 1.807) is 60.9 Å². The number of hydrogen-bond donors (Lipinski definition) is 2. The number of carbonyl (C=O) groups is 3. The van der Waals surface area contributed by atoms with Crippen molar-refractivity contribution < 1.29 is 14.4 Å². The highest BCUT2D eigenvalue weighted by Gasteiger charge is 2.24. The highest BCUT2D eigenvalue weighted by atomic mass is 35.5. The van der Waals surface area contributed by atoms with Crippen LogP contribution in [0.4, 0.5) is 11.4 Å². The van der Waals surface area contributed by atoms with Crippen LogP contribution in [0.1, 0.15) is 11.1 Å². The molecule has 3 aromatic rings. The molecule has 3 rings (SSSR count). The van der Waals surface area contributed by atoms with Crippen molar-refractivity contribution in [2.75, 3.05) is 17.2 Å². The second-order valence-corrected chi connectivity index (χ2v) is 7.33. The van der Waals surface area contributed by atoms with Gasteiger partial charge in [-0.1, -0.05) is 35.4 Å². The molecule has 0 radical (unpaired) electrons. The maximum absolute atomic E-state index is 12.8. The lowest BCUT2D eigenvalue weighted by Crippen LogP contribution is -2.43. The molecule has 1 heterocycles. The van der Waals surface area contributed by atoms with E-state index in [-0.39, 0.29) is 13.1 Å². The van der Waals surface area contributed by atoms with Gasteiger partial charge in [0.15, 0.2) is 0 Å². The van der Waals surface area contributed by atoms with Crippen LogP contribution in [0.2, 0.25) is 5.02 Å². The number of carbonyl (C=O) groups excluding carboxylic acids is 3. The first-order valence-electron chi connectivity index (χ1n) is 9.52. The summed E-state index contributed by atoms with van der Waals surface area (Å²) in [4.78, 5) is 43.1. The fourth-order valence-electron chi connectivity index (χ4n) is 2.78. The first-order chi connectivity index (χ1) is 14.9. The summed E-state index contributed by atoms with van der Waals surface area (Å²) in [5, 5.41) is 5.81. The molecule has 0 atom stereocenters. The Labute approximate surface area is 185 Å². The topological polar surface area (TPSA) is 91.4 Å². The van der Waals surface area contributed by atoms with Gasteiger partial charge in [0.1, 0.15) is 6.54 Å². The summed E-state index contributed by atoms with van der Waals surface area (Å²) in [5.41, 5.74) is 2.75. The van der Waals surface area contributed by atoms with Crippen LogP contribution < -0.4 is 10.6 Å². The lowest BCUT2D eigenvalue weighted by molar-refractivity contribution is -0.144. The molecule has 0 aliphatic heterocycles. The summed E-state index contributed by atoms with van der Waals surface area (Å²) in [7, 11) is 0. The third-order valence-corrected chi connectivity index (χ3v) is 4.60. The van der Waals surface area contributed by atoms with Gasteiger partial charge in [0.2, 0.25) is 5.91 Å². The number of rotatable bonds is 6. The van der Waals surface area contributed by atoms with Crippen LogP contribution in [0, 0.1) is 6.92 Å². The number of benzene rings is 2. The van der Waals surface area contributed by atoms with Crippen LogP contribution in [0.3, 0.4) is 0 Å². The second kappa shape index (κ2) is 10.4. The van der Waals surface area contributed by atoms with Crippen LogP contribution in [-0.2, 0) is 20.9 Å². The van der Waals surface area contributed by atoms with Gasteiger partial charge in [-0.15, -0.1) is 0 Å². The van der Waals surface area contributed by atoms with Crippen molar-refractivity contribution in [3.8, 4) is 0 Å². The summed E-state index contributed by atoms with van der Waals surface area (Å²) in [6.45, 7) is 1.67. The van der Waals surface area contributed by atoms with Crippen molar-refractivity contribution in [1.29, 1.82) is 0 Å². The van der Waals surface area contributed by atoms with Gasteiger partial charge in [0.05, 0.1) is 0 Å². The van der Waals surface area contributed by atoms with Crippen molar-refractivity contribution in [2.45, 2.75) is 13.5 Å².